The molecule has 0 saturated heterocycles. The molecule has 0 aliphatic carbocycles. The van der Waals surface area contributed by atoms with Crippen molar-refractivity contribution in [3.8, 4) is 5.75 Å². The van der Waals surface area contributed by atoms with Crippen LogP contribution < -0.4 is 4.74 Å². The van der Waals surface area contributed by atoms with Crippen molar-refractivity contribution in [3.63, 3.8) is 0 Å². The third kappa shape index (κ3) is 3.42. The van der Waals surface area contributed by atoms with Crippen molar-refractivity contribution in [2.75, 3.05) is 6.61 Å². The Balaban J connectivity index is 3.09. The Morgan fingerprint density at radius 3 is 2.65 bits per heavy atom. The van der Waals surface area contributed by atoms with Crippen LogP contribution in [0, 0.1) is 0 Å². The number of aliphatic hydroxyl groups is 2. The van der Waals surface area contributed by atoms with Crippen LogP contribution in [0.15, 0.2) is 22.7 Å². The highest BCUT2D eigenvalue weighted by molar-refractivity contribution is 9.10. The van der Waals surface area contributed by atoms with E-state index in [9.17, 15) is 15.0 Å². The number of benzene rings is 1. The van der Waals surface area contributed by atoms with Crippen molar-refractivity contribution in [2.45, 2.75) is 19.1 Å². The minimum absolute atomic E-state index is 0.233. The Labute approximate surface area is 107 Å². The molecular weight excluding hydrogens is 292 g/mol. The van der Waals surface area contributed by atoms with Gasteiger partial charge < -0.3 is 20.1 Å². The molecule has 0 spiro atoms. The second-order valence-electron chi connectivity index (χ2n) is 3.34. The second kappa shape index (κ2) is 6.00. The van der Waals surface area contributed by atoms with Crippen LogP contribution in [0.4, 0.5) is 0 Å². The number of hydrogen-bond donors (Lipinski definition) is 3. The number of carboxylic acids is 1. The van der Waals surface area contributed by atoms with E-state index >= 15 is 0 Å². The van der Waals surface area contributed by atoms with Crippen LogP contribution in [0.2, 0.25) is 0 Å². The Kier molecular flexibility index (Phi) is 4.92. The summed E-state index contributed by atoms with van der Waals surface area (Å²) < 4.78 is 5.92. The predicted octanol–water partition coefficient (Wildman–Crippen LogP) is 1.33. The van der Waals surface area contributed by atoms with Crippen molar-refractivity contribution in [1.82, 2.24) is 0 Å². The molecule has 0 aliphatic heterocycles. The molecule has 1 aromatic rings. The van der Waals surface area contributed by atoms with Gasteiger partial charge in [-0.1, -0.05) is 15.9 Å². The lowest BCUT2D eigenvalue weighted by atomic mass is 10.0. The van der Waals surface area contributed by atoms with Crippen molar-refractivity contribution in [3.05, 3.63) is 28.2 Å². The molecule has 0 radical (unpaired) electrons. The van der Waals surface area contributed by atoms with Gasteiger partial charge in [0.25, 0.3) is 0 Å². The van der Waals surface area contributed by atoms with E-state index in [1.54, 1.807) is 19.1 Å². The Hall–Kier alpha value is -1.11. The van der Waals surface area contributed by atoms with E-state index in [1.165, 1.54) is 6.07 Å². The van der Waals surface area contributed by atoms with E-state index < -0.39 is 18.2 Å². The first-order chi connectivity index (χ1) is 7.97. The highest BCUT2D eigenvalue weighted by atomic mass is 79.9. The SMILES string of the molecule is CCOc1ccc(Br)cc1C(O)C(O)C(=O)O. The van der Waals surface area contributed by atoms with Gasteiger partial charge in [-0.05, 0) is 25.1 Å². The van der Waals surface area contributed by atoms with E-state index in [4.69, 9.17) is 9.84 Å². The summed E-state index contributed by atoms with van der Waals surface area (Å²) in [7, 11) is 0. The first-order valence-corrected chi connectivity index (χ1v) is 5.77. The maximum Gasteiger partial charge on any atom is 0.335 e. The molecule has 94 valence electrons. The van der Waals surface area contributed by atoms with Gasteiger partial charge in [0, 0.05) is 10.0 Å². The van der Waals surface area contributed by atoms with Crippen molar-refractivity contribution < 1.29 is 24.9 Å². The molecule has 2 atom stereocenters. The van der Waals surface area contributed by atoms with Crippen LogP contribution in [0.3, 0.4) is 0 Å². The normalized spacial score (nSPS) is 14.1. The molecule has 1 aromatic carbocycles. The highest BCUT2D eigenvalue weighted by Gasteiger charge is 2.27. The predicted molar refractivity (Wildman–Crippen MR) is 63.9 cm³/mol. The van der Waals surface area contributed by atoms with Crippen LogP contribution in [0.5, 0.6) is 5.75 Å². The summed E-state index contributed by atoms with van der Waals surface area (Å²) in [5.74, 6) is -1.14. The molecule has 0 amide bonds. The fraction of sp³-hybridized carbons (Fsp3) is 0.364. The van der Waals surface area contributed by atoms with Gasteiger partial charge in [0.1, 0.15) is 11.9 Å². The van der Waals surface area contributed by atoms with Gasteiger partial charge in [0.05, 0.1) is 6.61 Å². The molecule has 6 heteroatoms. The van der Waals surface area contributed by atoms with E-state index in [2.05, 4.69) is 15.9 Å². The molecule has 0 fully saturated rings. The van der Waals surface area contributed by atoms with Crippen LogP contribution in [-0.2, 0) is 4.79 Å². The largest absolute Gasteiger partial charge is 0.493 e. The summed E-state index contributed by atoms with van der Waals surface area (Å²) in [4.78, 5) is 10.6. The van der Waals surface area contributed by atoms with Gasteiger partial charge in [-0.25, -0.2) is 4.79 Å². The smallest absolute Gasteiger partial charge is 0.335 e. The summed E-state index contributed by atoms with van der Waals surface area (Å²) in [6.45, 7) is 2.15. The van der Waals surface area contributed by atoms with Crippen LogP contribution in [0.25, 0.3) is 0 Å². The third-order valence-corrected chi connectivity index (χ3v) is 2.64. The minimum Gasteiger partial charge on any atom is -0.493 e. The van der Waals surface area contributed by atoms with Gasteiger partial charge in [-0.3, -0.25) is 0 Å². The Bertz CT molecular complexity index is 407. The number of aliphatic carboxylic acids is 1. The average molecular weight is 305 g/mol. The number of carbonyl (C=O) groups is 1. The summed E-state index contributed by atoms with van der Waals surface area (Å²) in [6, 6.07) is 4.82. The van der Waals surface area contributed by atoms with Gasteiger partial charge in [0.2, 0.25) is 0 Å². The monoisotopic (exact) mass is 304 g/mol. The molecule has 5 nitrogen and oxygen atoms in total. The molecule has 0 aromatic heterocycles. The van der Waals surface area contributed by atoms with Crippen molar-refractivity contribution in [1.29, 1.82) is 0 Å². The maximum absolute atomic E-state index is 10.6. The zero-order valence-corrected chi connectivity index (χ0v) is 10.7. The number of aliphatic hydroxyl groups excluding tert-OH is 2. The van der Waals surface area contributed by atoms with Gasteiger partial charge >= 0.3 is 5.97 Å². The molecule has 2 unspecified atom stereocenters. The number of ether oxygens (including phenoxy) is 1. The number of halogens is 1. The van der Waals surface area contributed by atoms with Crippen LogP contribution in [-0.4, -0.2) is 34.0 Å². The third-order valence-electron chi connectivity index (χ3n) is 2.14. The molecule has 3 N–H and O–H groups in total. The maximum atomic E-state index is 10.6. The fourth-order valence-corrected chi connectivity index (χ4v) is 1.72. The molecule has 0 saturated carbocycles. The Morgan fingerprint density at radius 2 is 2.12 bits per heavy atom. The fourth-order valence-electron chi connectivity index (χ4n) is 1.34. The Morgan fingerprint density at radius 1 is 1.47 bits per heavy atom. The number of hydrogen-bond acceptors (Lipinski definition) is 4. The molecular formula is C11H13BrO5. The number of rotatable bonds is 5. The lowest BCUT2D eigenvalue weighted by molar-refractivity contribution is -0.153. The van der Waals surface area contributed by atoms with Crippen molar-refractivity contribution in [2.24, 2.45) is 0 Å². The molecule has 0 aliphatic rings. The van der Waals surface area contributed by atoms with Gasteiger partial charge in [-0.2, -0.15) is 0 Å². The lowest BCUT2D eigenvalue weighted by Gasteiger charge is -2.18. The number of carboxylic acid groups (broad SMARTS) is 1. The summed E-state index contributed by atoms with van der Waals surface area (Å²) in [6.07, 6.45) is -3.42. The zero-order valence-electron chi connectivity index (χ0n) is 9.13. The van der Waals surface area contributed by atoms with Gasteiger partial charge in [0.15, 0.2) is 6.10 Å². The van der Waals surface area contributed by atoms with E-state index in [0.717, 1.165) is 0 Å². The molecule has 0 heterocycles. The summed E-state index contributed by atoms with van der Waals surface area (Å²) >= 11 is 3.21. The average Bonchev–Trinajstić information content (AvgIpc) is 2.29. The minimum atomic E-state index is -1.89. The molecule has 1 rings (SSSR count). The van der Waals surface area contributed by atoms with Crippen molar-refractivity contribution >= 4 is 21.9 Å². The van der Waals surface area contributed by atoms with Gasteiger partial charge in [-0.15, -0.1) is 0 Å². The lowest BCUT2D eigenvalue weighted by Crippen LogP contribution is -2.27. The first-order valence-electron chi connectivity index (χ1n) is 4.98. The summed E-state index contributed by atoms with van der Waals surface area (Å²) in [5.41, 5.74) is 0.233. The highest BCUT2D eigenvalue weighted by Crippen LogP contribution is 2.30. The van der Waals surface area contributed by atoms with E-state index in [0.29, 0.717) is 16.8 Å². The zero-order chi connectivity index (χ0) is 13.0. The van der Waals surface area contributed by atoms with Crippen LogP contribution in [0.1, 0.15) is 18.6 Å². The van der Waals surface area contributed by atoms with E-state index in [1.807, 2.05) is 0 Å². The summed E-state index contributed by atoms with van der Waals surface area (Å²) in [5, 5.41) is 27.7. The first kappa shape index (κ1) is 14.0. The second-order valence-corrected chi connectivity index (χ2v) is 4.26. The standard InChI is InChI=1S/C11H13BrO5/c1-2-17-8-4-3-6(12)5-7(8)9(13)10(14)11(15)16/h3-5,9-10,13-14H,2H2,1H3,(H,15,16). The molecule has 0 bridgehead atoms. The van der Waals surface area contributed by atoms with E-state index in [-0.39, 0.29) is 5.56 Å². The topological polar surface area (TPSA) is 87.0 Å². The molecule has 17 heavy (non-hydrogen) atoms. The van der Waals surface area contributed by atoms with Crippen LogP contribution >= 0.6 is 15.9 Å². The quantitative estimate of drug-likeness (QED) is 0.764.